The molecule has 28 aromatic carbocycles. The van der Waals surface area contributed by atoms with Gasteiger partial charge in [0.05, 0.1) is 5.41 Å². The highest BCUT2D eigenvalue weighted by Gasteiger charge is 2.70. The van der Waals surface area contributed by atoms with Gasteiger partial charge in [-0.05, 0) is 319 Å². The molecule has 0 saturated heterocycles. The third-order valence-corrected chi connectivity index (χ3v) is 24.5. The van der Waals surface area contributed by atoms with Crippen LogP contribution in [0.25, 0.3) is 291 Å². The van der Waals surface area contributed by atoms with Gasteiger partial charge in [-0.2, -0.15) is 0 Å². The first-order valence-corrected chi connectivity index (χ1v) is 24.3. The highest BCUT2D eigenvalue weighted by Crippen LogP contribution is 2.85. The van der Waals surface area contributed by atoms with E-state index < -0.39 is 10.8 Å². The van der Waals surface area contributed by atoms with Crippen LogP contribution in [0.4, 0.5) is 0 Å². The minimum Gasteiger partial charge on any atom is -0.295 e. The Labute approximate surface area is 351 Å². The number of ketones is 1. The lowest BCUT2D eigenvalue weighted by molar-refractivity contribution is -0.116. The summed E-state index contributed by atoms with van der Waals surface area (Å²) in [5.41, 5.74) is 5.50. The van der Waals surface area contributed by atoms with E-state index in [-0.39, 0.29) is 0 Å². The van der Waals surface area contributed by atoms with E-state index in [0.717, 1.165) is 0 Å². The average molecular weight is 789 g/mol. The minimum absolute atomic E-state index is 0.327. The van der Waals surface area contributed by atoms with Gasteiger partial charge in [0.25, 0.3) is 0 Å². The highest BCUT2D eigenvalue weighted by atomic mass is 16.1. The Kier molecular flexibility index (Phi) is 1.76. The maximum atomic E-state index is 15.1. The summed E-state index contributed by atoms with van der Waals surface area (Å²) in [6, 6.07) is 0. The molecule has 0 fully saturated rings. The van der Waals surface area contributed by atoms with E-state index in [1.807, 2.05) is 0 Å². The Balaban J connectivity index is 1.28. The van der Waals surface area contributed by atoms with Gasteiger partial charge in [0.2, 0.25) is 0 Å². The van der Waals surface area contributed by atoms with Crippen molar-refractivity contribution in [3.8, 4) is 0 Å². The SMILES string of the molecule is O=C1C=CC23c4c5c6c7c8c9c(c%10c%11c2c2c4c4c%12c5c5c6c6c8c8c%13c9c9c%10c%10c%11c%11c2c2c4c4c%12c%12c5c5c6c8c6c8c%13c9c9c%10c%10c%11c2c2c4c4c%12c5c6c5c8c9c%10c2c45)C73C1. The van der Waals surface area contributed by atoms with Crippen molar-refractivity contribution in [1.82, 2.24) is 0 Å². The third kappa shape index (κ3) is 1.15. The van der Waals surface area contributed by atoms with Crippen LogP contribution in [0.5, 0.6) is 0 Å². The van der Waals surface area contributed by atoms with Crippen LogP contribution < -0.4 is 0 Å². The van der Waals surface area contributed by atoms with Gasteiger partial charge in [0.1, 0.15) is 0 Å². The smallest absolute Gasteiger partial charge is 0.156 e. The first-order chi connectivity index (χ1) is 32.3. The van der Waals surface area contributed by atoms with Gasteiger partial charge in [-0.3, -0.25) is 4.79 Å². The lowest BCUT2D eigenvalue weighted by Gasteiger charge is -2.54. The Morgan fingerprint density at radius 2 is 0.369 bits per heavy atom. The molecule has 0 radical (unpaired) electrons. The molecule has 266 valence electrons. The normalized spacial score (nSPS) is 23.4. The molecular weight excluding hydrogens is 785 g/mol. The summed E-state index contributed by atoms with van der Waals surface area (Å²) in [7, 11) is 0. The molecule has 0 saturated carbocycles. The molecule has 65 heavy (non-hydrogen) atoms. The van der Waals surface area contributed by atoms with Crippen LogP contribution in [0.2, 0.25) is 0 Å². The Morgan fingerprint density at radius 1 is 0.215 bits per heavy atom. The lowest BCUT2D eigenvalue weighted by Crippen LogP contribution is -2.53. The summed E-state index contributed by atoms with van der Waals surface area (Å²) < 4.78 is 0. The van der Waals surface area contributed by atoms with Crippen molar-refractivity contribution in [1.29, 1.82) is 0 Å². The topological polar surface area (TPSA) is 17.1 Å². The molecule has 2 spiro atoms. The summed E-state index contributed by atoms with van der Waals surface area (Å²) >= 11 is 0. The molecule has 0 bridgehead atoms. The van der Waals surface area contributed by atoms with E-state index in [4.69, 9.17) is 0 Å². The number of hydrogen-bond acceptors (Lipinski definition) is 1. The zero-order chi connectivity index (χ0) is 38.2. The number of rotatable bonds is 0. The molecule has 0 heterocycles. The summed E-state index contributed by atoms with van der Waals surface area (Å²) in [5, 5.41) is 87.1. The molecule has 0 aromatic heterocycles. The Morgan fingerprint density at radius 3 is 0.554 bits per heavy atom. The molecule has 5 aliphatic rings. The van der Waals surface area contributed by atoms with Crippen LogP contribution in [-0.4, -0.2) is 5.78 Å². The first-order valence-electron chi connectivity index (χ1n) is 24.3. The van der Waals surface area contributed by atoms with E-state index in [0.29, 0.717) is 12.2 Å². The molecule has 5 aliphatic carbocycles. The molecule has 0 aliphatic heterocycles. The van der Waals surface area contributed by atoms with E-state index in [1.54, 1.807) is 313 Å². The van der Waals surface area contributed by atoms with Crippen molar-refractivity contribution in [2.45, 2.75) is 17.3 Å². The molecule has 33 rings (SSSR count). The lowest BCUT2D eigenvalue weighted by atomic mass is 9.45. The number of allylic oxidation sites excluding steroid dienone is 2. The maximum absolute atomic E-state index is 15.1. The number of hydrogen-bond donors (Lipinski definition) is 0. The van der Waals surface area contributed by atoms with Gasteiger partial charge >= 0.3 is 0 Å². The van der Waals surface area contributed by atoms with Crippen LogP contribution in [0.3, 0.4) is 0 Å². The van der Waals surface area contributed by atoms with Crippen molar-refractivity contribution >= 4 is 297 Å². The van der Waals surface area contributed by atoms with Crippen LogP contribution in [-0.2, 0) is 15.6 Å². The van der Waals surface area contributed by atoms with E-state index in [9.17, 15) is 0 Å². The van der Waals surface area contributed by atoms with E-state index >= 15 is 4.79 Å². The van der Waals surface area contributed by atoms with Gasteiger partial charge in [-0.15, -0.1) is 0 Å². The summed E-state index contributed by atoms with van der Waals surface area (Å²) in [6.45, 7) is 0. The fraction of sp³-hybridized carbons (Fsp3) is 0.0469. The average Bonchev–Trinajstić information content (AvgIpc) is 4.16. The predicted molar refractivity (Wildman–Crippen MR) is 273 cm³/mol. The number of benzene rings is 18. The quantitative estimate of drug-likeness (QED) is 0.140. The van der Waals surface area contributed by atoms with Crippen molar-refractivity contribution in [3.05, 3.63) is 34.4 Å². The summed E-state index contributed by atoms with van der Waals surface area (Å²) in [4.78, 5) is 15.1. The predicted octanol–water partition coefficient (Wildman–Crippen LogP) is 16.8. The largest absolute Gasteiger partial charge is 0.295 e. The van der Waals surface area contributed by atoms with Crippen LogP contribution in [0.1, 0.15) is 28.7 Å². The second-order valence-corrected chi connectivity index (χ2v) is 24.4. The Hall–Kier alpha value is -8.13. The third-order valence-electron chi connectivity index (χ3n) is 24.5. The van der Waals surface area contributed by atoms with Crippen molar-refractivity contribution in [2.75, 3.05) is 0 Å². The van der Waals surface area contributed by atoms with Crippen LogP contribution >= 0.6 is 0 Å². The van der Waals surface area contributed by atoms with Gasteiger partial charge in [-0.25, -0.2) is 0 Å². The Bertz CT molecular complexity index is 6910. The summed E-state index contributed by atoms with van der Waals surface area (Å²) in [6.07, 6.45) is 5.27. The van der Waals surface area contributed by atoms with Gasteiger partial charge in [0, 0.05) is 11.8 Å². The molecule has 1 nitrogen and oxygen atoms in total. The highest BCUT2D eigenvalue weighted by molar-refractivity contribution is 6.82. The molecule has 0 atom stereocenters. The molecule has 0 N–H and O–H groups in total. The molecule has 28 aromatic rings. The fourth-order valence-corrected chi connectivity index (χ4v) is 24.6. The van der Waals surface area contributed by atoms with Gasteiger partial charge < -0.3 is 0 Å². The first kappa shape index (κ1) is 23.0. The van der Waals surface area contributed by atoms with Crippen molar-refractivity contribution < 1.29 is 4.79 Å². The summed E-state index contributed by atoms with van der Waals surface area (Å²) in [5.74, 6) is 0.327. The molecule has 0 amide bonds. The second kappa shape index (κ2) is 4.98. The maximum Gasteiger partial charge on any atom is 0.156 e. The second-order valence-electron chi connectivity index (χ2n) is 24.4. The van der Waals surface area contributed by atoms with Crippen molar-refractivity contribution in [3.63, 3.8) is 0 Å². The zero-order valence-electron chi connectivity index (χ0n) is 32.8. The van der Waals surface area contributed by atoms with Gasteiger partial charge in [0.15, 0.2) is 5.78 Å². The van der Waals surface area contributed by atoms with Crippen LogP contribution in [0.15, 0.2) is 12.2 Å². The zero-order valence-corrected chi connectivity index (χ0v) is 32.8. The molecular formula is C64H4O. The monoisotopic (exact) mass is 788 g/mol. The van der Waals surface area contributed by atoms with E-state index in [1.165, 1.54) is 0 Å². The fourth-order valence-electron chi connectivity index (χ4n) is 24.6. The number of carbonyl (C=O) groups excluding carboxylic acids is 1. The molecule has 0 unspecified atom stereocenters. The van der Waals surface area contributed by atoms with Crippen molar-refractivity contribution in [2.24, 2.45) is 0 Å². The molecule has 1 heteroatoms. The standard InChI is InChI=1S/C64H4O/c65-4-1-2-63-59-51-43-33-23-15-7-5-6-9-13-11(7)19-27-21(13)31-25-17(9)18-10(6)14-12-8(5)16(15)24-30-20(12)28-22(14)32-26(18)36-35(25)45-39(31)49-41(27)47(37(43)29(19)23)53(59)55(49)61-57(45)58-46(36)40(32)50-42(28)48-38(30)44(34(24)33)52(51)60(63)54(48)56(50)62(58)64(61,63)3-4/h1-2H,3H2. The number of carbonyl (C=O) groups is 1. The van der Waals surface area contributed by atoms with Crippen LogP contribution in [0, 0.1) is 0 Å². The van der Waals surface area contributed by atoms with Gasteiger partial charge in [-0.1, -0.05) is 6.08 Å². The minimum atomic E-state index is -0.482. The van der Waals surface area contributed by atoms with E-state index in [2.05, 4.69) is 12.2 Å².